The van der Waals surface area contributed by atoms with Crippen molar-refractivity contribution in [1.82, 2.24) is 0 Å². The van der Waals surface area contributed by atoms with Crippen LogP contribution in [0.2, 0.25) is 0 Å². The summed E-state index contributed by atoms with van der Waals surface area (Å²) in [7, 11) is -3.16. The number of rotatable bonds is 9. The van der Waals surface area contributed by atoms with Gasteiger partial charge in [0.05, 0.1) is 13.2 Å². The van der Waals surface area contributed by atoms with Crippen LogP contribution in [0.4, 0.5) is 0 Å². The van der Waals surface area contributed by atoms with Gasteiger partial charge in [0.1, 0.15) is 0 Å². The Kier molecular flexibility index (Phi) is 23.8. The first kappa shape index (κ1) is 30.0. The molecule has 2 rings (SSSR count). The molecule has 27 heavy (non-hydrogen) atoms. The molecule has 0 aromatic rings. The zero-order valence-electron chi connectivity index (χ0n) is 16.9. The van der Waals surface area contributed by atoms with Crippen molar-refractivity contribution in [2.24, 2.45) is 0 Å². The molecule has 0 aliphatic heterocycles. The van der Waals surface area contributed by atoms with E-state index < -0.39 is 7.60 Å². The van der Waals surface area contributed by atoms with Crippen LogP contribution in [0.1, 0.15) is 46.5 Å². The molecule has 10 radical (unpaired) electrons. The Hall–Kier alpha value is 0.773. The molecule has 0 aromatic carbocycles. The second-order valence-electron chi connectivity index (χ2n) is 5.33. The molecular weight excluding hydrogens is 434 g/mol. The van der Waals surface area contributed by atoms with Crippen molar-refractivity contribution in [3.63, 3.8) is 0 Å². The molecule has 2 aliphatic carbocycles. The van der Waals surface area contributed by atoms with E-state index in [9.17, 15) is 4.57 Å². The van der Waals surface area contributed by atoms with Crippen molar-refractivity contribution in [3.05, 3.63) is 82.5 Å². The first-order chi connectivity index (χ1) is 12.6. The van der Waals surface area contributed by atoms with Crippen LogP contribution in [0.25, 0.3) is 0 Å². The van der Waals surface area contributed by atoms with Gasteiger partial charge >= 0.3 is 26.2 Å². The van der Waals surface area contributed by atoms with Crippen LogP contribution in [-0.4, -0.2) is 13.2 Å². The van der Waals surface area contributed by atoms with E-state index in [0.29, 0.717) is 19.6 Å². The summed E-state index contributed by atoms with van der Waals surface area (Å²) >= 11 is 0. The van der Waals surface area contributed by atoms with Crippen LogP contribution < -0.4 is 0 Å². The minimum atomic E-state index is -3.16. The van der Waals surface area contributed by atoms with Gasteiger partial charge in [0.25, 0.3) is 0 Å². The van der Waals surface area contributed by atoms with E-state index in [1.807, 2.05) is 64.2 Å². The summed E-state index contributed by atoms with van der Waals surface area (Å²) in [5, 5.41) is 0. The number of unbranched alkanes of at least 4 members (excludes halogenated alkanes) is 1. The van der Waals surface area contributed by atoms with Crippen LogP contribution in [0.5, 0.6) is 0 Å². The predicted octanol–water partition coefficient (Wildman–Crippen LogP) is 6.39. The predicted molar refractivity (Wildman–Crippen MR) is 110 cm³/mol. The molecule has 0 amide bonds. The molecule has 0 saturated heterocycles. The zero-order valence-corrected chi connectivity index (χ0v) is 20.2. The summed E-state index contributed by atoms with van der Waals surface area (Å²) in [6.07, 6.45) is 23.6. The van der Waals surface area contributed by atoms with Crippen molar-refractivity contribution in [1.29, 1.82) is 0 Å². The van der Waals surface area contributed by atoms with Gasteiger partial charge in [-0.05, 0) is 78.1 Å². The molecule has 2 saturated carbocycles. The van der Waals surface area contributed by atoms with E-state index in [-0.39, 0.29) is 26.2 Å². The summed E-state index contributed by atoms with van der Waals surface area (Å²) in [6.45, 7) is 10.2. The van der Waals surface area contributed by atoms with Crippen molar-refractivity contribution in [3.8, 4) is 0 Å². The fourth-order valence-electron chi connectivity index (χ4n) is 1.90. The SMILES string of the molecule is [CH2-]CC(=[C-]P(=O)(OCC)OCC)CCCC.[CH]1[CH][CH][CH][CH]1.[CH]1[CH][CH][CH][CH]1.[Zr+4]. The molecule has 146 valence electrons. The summed E-state index contributed by atoms with van der Waals surface area (Å²) in [6, 6.07) is 0. The van der Waals surface area contributed by atoms with E-state index in [1.165, 1.54) is 0 Å². The third kappa shape index (κ3) is 18.5. The Morgan fingerprint density at radius 2 is 1.22 bits per heavy atom. The maximum atomic E-state index is 12.1. The van der Waals surface area contributed by atoms with E-state index >= 15 is 0 Å². The number of hydrogen-bond donors (Lipinski definition) is 0. The standard InChI is InChI=1S/C12H23O3P.2C5H5.Zr/c1-5-9-10-12(6-2)11-16(13,14-7-3)15-8-4;2*1-2-4-5-3-1;/h2,5-10H2,1,3-4H3;2*1-5H;/q-2;;;+4. The molecule has 2 fully saturated rings. The van der Waals surface area contributed by atoms with Crippen LogP contribution >= 0.6 is 7.60 Å². The average Bonchev–Trinajstić information content (AvgIpc) is 3.37. The van der Waals surface area contributed by atoms with Gasteiger partial charge in [0.15, 0.2) is 7.60 Å². The molecule has 0 aromatic heterocycles. The molecule has 5 heteroatoms. The maximum absolute atomic E-state index is 12.1. The quantitative estimate of drug-likeness (QED) is 0.291. The second-order valence-corrected chi connectivity index (χ2v) is 7.06. The molecule has 0 heterocycles. The fraction of sp³-hybridized carbons (Fsp3) is 0.409. The molecule has 0 unspecified atom stereocenters. The molecule has 0 atom stereocenters. The van der Waals surface area contributed by atoms with Crippen molar-refractivity contribution < 1.29 is 39.8 Å². The first-order valence-corrected chi connectivity index (χ1v) is 10.8. The van der Waals surface area contributed by atoms with Gasteiger partial charge < -0.3 is 21.8 Å². The van der Waals surface area contributed by atoms with E-state index in [1.54, 1.807) is 13.8 Å². The first-order valence-electron chi connectivity index (χ1n) is 9.26. The monoisotopic (exact) mass is 466 g/mol. The average molecular weight is 468 g/mol. The molecule has 2 aliphatic rings. The molecular formula is C22H33O3PZr+2. The van der Waals surface area contributed by atoms with Gasteiger partial charge in [-0.3, -0.25) is 10.1 Å². The van der Waals surface area contributed by atoms with E-state index in [4.69, 9.17) is 9.05 Å². The molecule has 0 N–H and O–H groups in total. The van der Waals surface area contributed by atoms with Gasteiger partial charge in [0, 0.05) is 0 Å². The Labute approximate surface area is 189 Å². The fourth-order valence-corrected chi connectivity index (χ4v) is 3.40. The normalized spacial score (nSPS) is 16.7. The Morgan fingerprint density at radius 1 is 0.852 bits per heavy atom. The third-order valence-electron chi connectivity index (χ3n) is 3.14. The van der Waals surface area contributed by atoms with Gasteiger partial charge in [-0.25, -0.2) is 0 Å². The van der Waals surface area contributed by atoms with Crippen LogP contribution in [0.15, 0.2) is 5.57 Å². The third-order valence-corrected chi connectivity index (χ3v) is 4.92. The smallest absolute Gasteiger partial charge is 0.374 e. The van der Waals surface area contributed by atoms with Gasteiger partial charge in [-0.1, -0.05) is 26.2 Å². The largest absolute Gasteiger partial charge is 4.00 e. The molecule has 0 spiro atoms. The van der Waals surface area contributed by atoms with Gasteiger partial charge in [0.2, 0.25) is 0 Å². The summed E-state index contributed by atoms with van der Waals surface area (Å²) in [5.41, 5.74) is 0.937. The van der Waals surface area contributed by atoms with E-state index in [2.05, 4.69) is 19.7 Å². The van der Waals surface area contributed by atoms with Gasteiger partial charge in [-0.2, -0.15) is 6.42 Å². The number of hydrogen-bond acceptors (Lipinski definition) is 3. The maximum Gasteiger partial charge on any atom is 4.00 e. The van der Waals surface area contributed by atoms with Crippen molar-refractivity contribution >= 4 is 7.60 Å². The van der Waals surface area contributed by atoms with Crippen molar-refractivity contribution in [2.45, 2.75) is 46.5 Å². The molecule has 3 nitrogen and oxygen atoms in total. The Balaban J connectivity index is 0. The topological polar surface area (TPSA) is 35.5 Å². The van der Waals surface area contributed by atoms with Gasteiger partial charge in [-0.15, -0.1) is 0 Å². The van der Waals surface area contributed by atoms with Crippen LogP contribution in [-0.2, 0) is 39.8 Å². The van der Waals surface area contributed by atoms with E-state index in [0.717, 1.165) is 24.8 Å². The Morgan fingerprint density at radius 3 is 1.48 bits per heavy atom. The zero-order chi connectivity index (χ0) is 19.5. The summed E-state index contributed by atoms with van der Waals surface area (Å²) in [5.74, 6) is 2.88. The summed E-state index contributed by atoms with van der Waals surface area (Å²) < 4.78 is 22.5. The van der Waals surface area contributed by atoms with Crippen LogP contribution in [0.3, 0.4) is 0 Å². The second kappa shape index (κ2) is 21.5. The van der Waals surface area contributed by atoms with Crippen LogP contribution in [0, 0.1) is 76.9 Å². The molecule has 0 bridgehead atoms. The summed E-state index contributed by atoms with van der Waals surface area (Å²) in [4.78, 5) is 0. The minimum Gasteiger partial charge on any atom is -0.374 e. The number of allylic oxidation sites excluding steroid dienone is 1. The minimum absolute atomic E-state index is 0. The van der Waals surface area contributed by atoms with Crippen molar-refractivity contribution in [2.75, 3.05) is 13.2 Å². The Bertz CT molecular complexity index is 343.